The van der Waals surface area contributed by atoms with Crippen molar-refractivity contribution in [3.63, 3.8) is 0 Å². The van der Waals surface area contributed by atoms with Gasteiger partial charge in [-0.15, -0.1) is 0 Å². The normalized spacial score (nSPS) is 16.6. The van der Waals surface area contributed by atoms with Crippen molar-refractivity contribution in [1.29, 1.82) is 0 Å². The number of hydrogen-bond donors (Lipinski definition) is 0. The number of amides is 2. The van der Waals surface area contributed by atoms with Gasteiger partial charge in [0, 0.05) is 11.1 Å². The molecule has 29 heavy (non-hydrogen) atoms. The molecule has 2 aromatic carbocycles. The third-order valence-corrected chi connectivity index (χ3v) is 6.17. The summed E-state index contributed by atoms with van der Waals surface area (Å²) < 4.78 is 5.76. The zero-order chi connectivity index (χ0) is 21.1. The first-order valence-electron chi connectivity index (χ1n) is 8.93. The molecule has 1 atom stereocenters. The average Bonchev–Trinajstić information content (AvgIpc) is 2.95. The van der Waals surface area contributed by atoms with Crippen LogP contribution >= 0.6 is 46.6 Å². The van der Waals surface area contributed by atoms with E-state index in [2.05, 4.69) is 0 Å². The lowest BCUT2D eigenvalue weighted by Crippen LogP contribution is -2.36. The Kier molecular flexibility index (Phi) is 7.17. The fourth-order valence-corrected chi connectivity index (χ4v) is 4.40. The first-order valence-corrected chi connectivity index (χ1v) is 10.9. The molecule has 1 heterocycles. The van der Waals surface area contributed by atoms with E-state index in [0.29, 0.717) is 37.7 Å². The molecule has 0 aromatic heterocycles. The maximum Gasteiger partial charge on any atom is 0.293 e. The molecule has 0 bridgehead atoms. The quantitative estimate of drug-likeness (QED) is 0.424. The van der Waals surface area contributed by atoms with Crippen LogP contribution in [0.15, 0.2) is 41.3 Å². The Labute approximate surface area is 188 Å². The van der Waals surface area contributed by atoms with Gasteiger partial charge in [-0.3, -0.25) is 14.5 Å². The van der Waals surface area contributed by atoms with Crippen molar-refractivity contribution < 1.29 is 14.3 Å². The molecule has 1 aliphatic heterocycles. The summed E-state index contributed by atoms with van der Waals surface area (Å²) in [6.45, 7) is 4.06. The van der Waals surface area contributed by atoms with E-state index >= 15 is 0 Å². The Bertz CT molecular complexity index is 953. The van der Waals surface area contributed by atoms with E-state index in [4.69, 9.17) is 39.5 Å². The summed E-state index contributed by atoms with van der Waals surface area (Å²) in [5.41, 5.74) is 1.54. The van der Waals surface area contributed by atoms with Gasteiger partial charge in [0.05, 0.1) is 15.0 Å². The highest BCUT2D eigenvalue weighted by molar-refractivity contribution is 8.18. The number of imide groups is 1. The van der Waals surface area contributed by atoms with Gasteiger partial charge in [0.1, 0.15) is 6.61 Å². The Morgan fingerprint density at radius 3 is 2.31 bits per heavy atom. The number of rotatable bonds is 6. The van der Waals surface area contributed by atoms with Gasteiger partial charge in [-0.05, 0) is 66.6 Å². The number of halogens is 3. The van der Waals surface area contributed by atoms with Crippen molar-refractivity contribution in [3.8, 4) is 5.75 Å². The van der Waals surface area contributed by atoms with Crippen LogP contribution in [0.5, 0.6) is 5.75 Å². The van der Waals surface area contributed by atoms with Gasteiger partial charge in [-0.1, -0.05) is 53.9 Å². The van der Waals surface area contributed by atoms with E-state index in [1.54, 1.807) is 30.3 Å². The van der Waals surface area contributed by atoms with Gasteiger partial charge < -0.3 is 4.74 Å². The van der Waals surface area contributed by atoms with Crippen molar-refractivity contribution in [1.82, 2.24) is 4.90 Å². The van der Waals surface area contributed by atoms with Crippen molar-refractivity contribution in [2.24, 2.45) is 0 Å². The van der Waals surface area contributed by atoms with E-state index < -0.39 is 0 Å². The number of carbonyl (C=O) groups is 2. The molecule has 1 saturated heterocycles. The van der Waals surface area contributed by atoms with Crippen LogP contribution < -0.4 is 4.74 Å². The molecule has 0 spiro atoms. The Balaban J connectivity index is 1.78. The van der Waals surface area contributed by atoms with Gasteiger partial charge in [0.2, 0.25) is 0 Å². The van der Waals surface area contributed by atoms with Gasteiger partial charge in [-0.25, -0.2) is 0 Å². The maximum absolute atomic E-state index is 12.6. The molecule has 1 aliphatic rings. The lowest BCUT2D eigenvalue weighted by Gasteiger charge is -2.19. The van der Waals surface area contributed by atoms with E-state index in [0.717, 1.165) is 17.3 Å². The second kappa shape index (κ2) is 9.43. The van der Waals surface area contributed by atoms with Crippen molar-refractivity contribution >= 4 is 63.8 Å². The third kappa shape index (κ3) is 5.10. The van der Waals surface area contributed by atoms with Crippen LogP contribution in [0.25, 0.3) is 6.08 Å². The molecular weight excluding hydrogens is 453 g/mol. The van der Waals surface area contributed by atoms with Crippen LogP contribution in [0, 0.1) is 0 Å². The predicted molar refractivity (Wildman–Crippen MR) is 120 cm³/mol. The Hall–Kier alpha value is -1.66. The molecule has 8 heteroatoms. The molecule has 3 rings (SSSR count). The van der Waals surface area contributed by atoms with Gasteiger partial charge in [0.25, 0.3) is 11.1 Å². The van der Waals surface area contributed by atoms with Gasteiger partial charge in [-0.2, -0.15) is 0 Å². The van der Waals surface area contributed by atoms with E-state index in [-0.39, 0.29) is 23.8 Å². The van der Waals surface area contributed by atoms with Crippen LogP contribution in [0.3, 0.4) is 0 Å². The largest absolute Gasteiger partial charge is 0.486 e. The summed E-state index contributed by atoms with van der Waals surface area (Å²) in [4.78, 5) is 26.3. The standard InChI is InChI=1S/C21H18Cl3NO3S/c1-3-12(2)25-20(26)18(29-21(25)27)10-14-8-16(23)19(17(24)9-14)28-11-13-4-6-15(22)7-5-13/h4-10,12H,3,11H2,1-2H3/b18-10+/t12-/m0/s1. The molecule has 1 fully saturated rings. The van der Waals surface area contributed by atoms with E-state index in [1.165, 1.54) is 4.90 Å². The first kappa shape index (κ1) is 22.0. The van der Waals surface area contributed by atoms with Gasteiger partial charge >= 0.3 is 0 Å². The molecule has 2 aromatic rings. The number of ether oxygens (including phenoxy) is 1. The fourth-order valence-electron chi connectivity index (χ4n) is 2.73. The molecular formula is C21H18Cl3NO3S. The number of nitrogens with zero attached hydrogens (tertiary/aromatic N) is 1. The number of benzene rings is 2. The van der Waals surface area contributed by atoms with Gasteiger partial charge in [0.15, 0.2) is 5.75 Å². The summed E-state index contributed by atoms with van der Waals surface area (Å²) in [5.74, 6) is 0.0535. The molecule has 4 nitrogen and oxygen atoms in total. The molecule has 0 aliphatic carbocycles. The zero-order valence-electron chi connectivity index (χ0n) is 15.7. The predicted octanol–water partition coefficient (Wildman–Crippen LogP) is 7.06. The molecule has 0 radical (unpaired) electrons. The summed E-state index contributed by atoms with van der Waals surface area (Å²) in [6, 6.07) is 10.4. The third-order valence-electron chi connectivity index (χ3n) is 4.47. The second-order valence-electron chi connectivity index (χ2n) is 6.54. The lowest BCUT2D eigenvalue weighted by molar-refractivity contribution is -0.124. The molecule has 0 saturated carbocycles. The van der Waals surface area contributed by atoms with Crippen molar-refractivity contribution in [2.45, 2.75) is 32.9 Å². The highest BCUT2D eigenvalue weighted by atomic mass is 35.5. The minimum Gasteiger partial charge on any atom is -0.486 e. The Morgan fingerprint density at radius 2 is 1.72 bits per heavy atom. The SMILES string of the molecule is CC[C@H](C)N1C(=O)S/C(=C/c2cc(Cl)c(OCc3ccc(Cl)cc3)c(Cl)c2)C1=O. The van der Waals surface area contributed by atoms with Crippen LogP contribution in [-0.2, 0) is 11.4 Å². The highest BCUT2D eigenvalue weighted by Gasteiger charge is 2.37. The minimum absolute atomic E-state index is 0.149. The van der Waals surface area contributed by atoms with E-state index in [9.17, 15) is 9.59 Å². The van der Waals surface area contributed by atoms with E-state index in [1.807, 2.05) is 26.0 Å². The van der Waals surface area contributed by atoms with Crippen LogP contribution in [0.2, 0.25) is 15.1 Å². The summed E-state index contributed by atoms with van der Waals surface area (Å²) in [5, 5.41) is 1.01. The summed E-state index contributed by atoms with van der Waals surface area (Å²) in [6.07, 6.45) is 2.32. The monoisotopic (exact) mass is 469 g/mol. The number of carbonyl (C=O) groups excluding carboxylic acids is 2. The van der Waals surface area contributed by atoms with Crippen LogP contribution in [0.1, 0.15) is 31.4 Å². The van der Waals surface area contributed by atoms with Crippen LogP contribution in [-0.4, -0.2) is 22.1 Å². The zero-order valence-corrected chi connectivity index (χ0v) is 18.8. The minimum atomic E-state index is -0.301. The maximum atomic E-state index is 12.6. The molecule has 152 valence electrons. The Morgan fingerprint density at radius 1 is 1.10 bits per heavy atom. The second-order valence-corrected chi connectivity index (χ2v) is 8.78. The lowest BCUT2D eigenvalue weighted by atomic mass is 10.2. The smallest absolute Gasteiger partial charge is 0.293 e. The molecule has 0 N–H and O–H groups in total. The first-order chi connectivity index (χ1) is 13.8. The van der Waals surface area contributed by atoms with Crippen molar-refractivity contribution in [3.05, 3.63) is 67.5 Å². The number of hydrogen-bond acceptors (Lipinski definition) is 4. The highest BCUT2D eigenvalue weighted by Crippen LogP contribution is 2.38. The summed E-state index contributed by atoms with van der Waals surface area (Å²) in [7, 11) is 0. The average molecular weight is 471 g/mol. The molecule has 2 amide bonds. The number of thioether (sulfide) groups is 1. The van der Waals surface area contributed by atoms with Crippen LogP contribution in [0.4, 0.5) is 4.79 Å². The van der Waals surface area contributed by atoms with Crippen molar-refractivity contribution in [2.75, 3.05) is 0 Å². The topological polar surface area (TPSA) is 46.6 Å². The molecule has 0 unspecified atom stereocenters. The fraction of sp³-hybridized carbons (Fsp3) is 0.238. The summed E-state index contributed by atoms with van der Waals surface area (Å²) >= 11 is 19.5.